The first-order chi connectivity index (χ1) is 12.9. The third kappa shape index (κ3) is 5.34. The summed E-state index contributed by atoms with van der Waals surface area (Å²) in [5, 5.41) is 4.14. The number of hydrogen-bond acceptors (Lipinski definition) is 2. The van der Waals surface area contributed by atoms with Crippen molar-refractivity contribution in [2.45, 2.75) is 13.0 Å². The molecular weight excluding hydrogens is 388 g/mol. The van der Waals surface area contributed by atoms with Crippen molar-refractivity contribution in [2.24, 2.45) is 0 Å². The van der Waals surface area contributed by atoms with E-state index in [0.29, 0.717) is 16.6 Å². The van der Waals surface area contributed by atoms with Gasteiger partial charge < -0.3 is 15.1 Å². The first-order valence-electron chi connectivity index (χ1n) is 9.01. The van der Waals surface area contributed by atoms with Crippen LogP contribution in [0.4, 0.5) is 10.1 Å². The second-order valence-electron chi connectivity index (χ2n) is 6.85. The number of nitrogens with one attached hydrogen (secondary N) is 2. The van der Waals surface area contributed by atoms with E-state index in [9.17, 15) is 9.18 Å². The van der Waals surface area contributed by atoms with Crippen LogP contribution >= 0.6 is 23.2 Å². The van der Waals surface area contributed by atoms with E-state index in [1.165, 1.54) is 17.0 Å². The van der Waals surface area contributed by atoms with Gasteiger partial charge >= 0.3 is 0 Å². The van der Waals surface area contributed by atoms with Gasteiger partial charge in [0, 0.05) is 15.7 Å². The van der Waals surface area contributed by atoms with E-state index in [-0.39, 0.29) is 17.8 Å². The lowest BCUT2D eigenvalue weighted by atomic mass is 10.1. The van der Waals surface area contributed by atoms with Gasteiger partial charge in [0.2, 0.25) is 0 Å². The van der Waals surface area contributed by atoms with Crippen LogP contribution < -0.4 is 15.1 Å². The Morgan fingerprint density at radius 2 is 1.85 bits per heavy atom. The molecule has 0 radical (unpaired) electrons. The molecule has 4 nitrogen and oxygen atoms in total. The molecule has 0 unspecified atom stereocenters. The molecule has 1 heterocycles. The SMILES string of the molecule is C[C@@H](NC(=O)C[NH+]1CCN(c2ccc(F)cc2)CC1)c1ccc(Cl)cc1Cl. The van der Waals surface area contributed by atoms with Crippen LogP contribution in [-0.2, 0) is 4.79 Å². The van der Waals surface area contributed by atoms with Gasteiger partial charge in [-0.1, -0.05) is 29.3 Å². The molecule has 0 bridgehead atoms. The van der Waals surface area contributed by atoms with Gasteiger partial charge in [-0.05, 0) is 48.9 Å². The number of piperazine rings is 1. The molecular formula is C20H23Cl2FN3O+. The smallest absolute Gasteiger partial charge is 0.275 e. The number of amides is 1. The first kappa shape index (κ1) is 19.9. The minimum atomic E-state index is -0.227. The van der Waals surface area contributed by atoms with Gasteiger partial charge in [-0.2, -0.15) is 0 Å². The Labute approximate surface area is 168 Å². The maximum absolute atomic E-state index is 13.0. The van der Waals surface area contributed by atoms with Gasteiger partial charge in [0.05, 0.1) is 32.2 Å². The molecule has 1 saturated heterocycles. The summed E-state index contributed by atoms with van der Waals surface area (Å²) in [6.07, 6.45) is 0. The molecule has 3 rings (SSSR count). The summed E-state index contributed by atoms with van der Waals surface area (Å²) in [7, 11) is 0. The van der Waals surface area contributed by atoms with Crippen LogP contribution in [0.2, 0.25) is 10.0 Å². The lowest BCUT2D eigenvalue weighted by molar-refractivity contribution is -0.892. The minimum Gasteiger partial charge on any atom is -0.360 e. The summed E-state index contributed by atoms with van der Waals surface area (Å²) in [6, 6.07) is 11.7. The van der Waals surface area contributed by atoms with Crippen LogP contribution in [0.3, 0.4) is 0 Å². The lowest BCUT2D eigenvalue weighted by Gasteiger charge is -2.33. The topological polar surface area (TPSA) is 36.8 Å². The van der Waals surface area contributed by atoms with E-state index in [1.54, 1.807) is 24.3 Å². The van der Waals surface area contributed by atoms with Crippen LogP contribution in [0.25, 0.3) is 0 Å². The number of benzene rings is 2. The minimum absolute atomic E-state index is 0.00116. The molecule has 1 amide bonds. The molecule has 1 atom stereocenters. The van der Waals surface area contributed by atoms with Crippen molar-refractivity contribution < 1.29 is 14.1 Å². The van der Waals surface area contributed by atoms with Gasteiger partial charge in [-0.25, -0.2) is 4.39 Å². The molecule has 1 aliphatic rings. The highest BCUT2D eigenvalue weighted by Crippen LogP contribution is 2.25. The zero-order valence-electron chi connectivity index (χ0n) is 15.1. The standard InChI is InChI=1S/C20H22Cl2FN3O/c1-14(18-7-2-15(21)12-19(18)22)24-20(27)13-25-8-10-26(11-9-25)17-5-3-16(23)4-6-17/h2-7,12,14H,8-11,13H2,1H3,(H,24,27)/p+1/t14-/m1/s1. The monoisotopic (exact) mass is 410 g/mol. The highest BCUT2D eigenvalue weighted by Gasteiger charge is 2.23. The second kappa shape index (κ2) is 8.91. The number of halogens is 3. The number of quaternary nitrogens is 1. The van der Waals surface area contributed by atoms with Crippen LogP contribution in [0.1, 0.15) is 18.5 Å². The fraction of sp³-hybridized carbons (Fsp3) is 0.350. The Hall–Kier alpha value is -1.82. The molecule has 0 spiro atoms. The van der Waals surface area contributed by atoms with Crippen molar-refractivity contribution >= 4 is 34.8 Å². The molecule has 2 aromatic rings. The molecule has 27 heavy (non-hydrogen) atoms. The highest BCUT2D eigenvalue weighted by molar-refractivity contribution is 6.35. The lowest BCUT2D eigenvalue weighted by Crippen LogP contribution is -3.15. The Bertz CT molecular complexity index is 792. The Morgan fingerprint density at radius 1 is 1.19 bits per heavy atom. The van der Waals surface area contributed by atoms with E-state index in [2.05, 4.69) is 10.2 Å². The van der Waals surface area contributed by atoms with E-state index in [1.807, 2.05) is 13.0 Å². The van der Waals surface area contributed by atoms with Gasteiger partial charge in [0.1, 0.15) is 5.82 Å². The van der Waals surface area contributed by atoms with Crippen LogP contribution in [0.15, 0.2) is 42.5 Å². The van der Waals surface area contributed by atoms with Gasteiger partial charge in [-0.15, -0.1) is 0 Å². The molecule has 0 aromatic heterocycles. The molecule has 0 aliphatic carbocycles. The van der Waals surface area contributed by atoms with E-state index in [0.717, 1.165) is 37.4 Å². The summed E-state index contributed by atoms with van der Waals surface area (Å²) < 4.78 is 13.0. The molecule has 2 aromatic carbocycles. The third-order valence-corrected chi connectivity index (χ3v) is 5.44. The largest absolute Gasteiger partial charge is 0.360 e. The maximum Gasteiger partial charge on any atom is 0.275 e. The maximum atomic E-state index is 13.0. The summed E-state index contributed by atoms with van der Waals surface area (Å²) in [5.41, 5.74) is 1.87. The summed E-state index contributed by atoms with van der Waals surface area (Å²) in [4.78, 5) is 15.9. The predicted octanol–water partition coefficient (Wildman–Crippen LogP) is 2.71. The number of carbonyl (C=O) groups excluding carboxylic acids is 1. The quantitative estimate of drug-likeness (QED) is 0.794. The average Bonchev–Trinajstić information content (AvgIpc) is 2.63. The van der Waals surface area contributed by atoms with Gasteiger partial charge in [-0.3, -0.25) is 4.79 Å². The van der Waals surface area contributed by atoms with E-state index in [4.69, 9.17) is 23.2 Å². The van der Waals surface area contributed by atoms with Crippen molar-refractivity contribution in [1.82, 2.24) is 5.32 Å². The van der Waals surface area contributed by atoms with Crippen LogP contribution in [0, 0.1) is 5.82 Å². The van der Waals surface area contributed by atoms with Crippen molar-refractivity contribution in [3.63, 3.8) is 0 Å². The fourth-order valence-electron chi connectivity index (χ4n) is 3.36. The average molecular weight is 411 g/mol. The summed E-state index contributed by atoms with van der Waals surface area (Å²) in [6.45, 7) is 5.74. The Kier molecular flexibility index (Phi) is 6.58. The summed E-state index contributed by atoms with van der Waals surface area (Å²) >= 11 is 12.1. The fourth-order valence-corrected chi connectivity index (χ4v) is 3.93. The number of anilines is 1. The molecule has 7 heteroatoms. The number of hydrogen-bond donors (Lipinski definition) is 2. The predicted molar refractivity (Wildman–Crippen MR) is 107 cm³/mol. The van der Waals surface area contributed by atoms with Crippen molar-refractivity contribution in [1.29, 1.82) is 0 Å². The zero-order chi connectivity index (χ0) is 19.4. The van der Waals surface area contributed by atoms with Crippen molar-refractivity contribution in [3.05, 3.63) is 63.9 Å². The molecule has 2 N–H and O–H groups in total. The normalized spacial score (nSPS) is 16.2. The van der Waals surface area contributed by atoms with Gasteiger partial charge in [0.15, 0.2) is 6.54 Å². The first-order valence-corrected chi connectivity index (χ1v) is 9.76. The zero-order valence-corrected chi connectivity index (χ0v) is 16.7. The Morgan fingerprint density at radius 3 is 2.48 bits per heavy atom. The third-order valence-electron chi connectivity index (χ3n) is 4.88. The van der Waals surface area contributed by atoms with E-state index >= 15 is 0 Å². The highest BCUT2D eigenvalue weighted by atomic mass is 35.5. The molecule has 1 fully saturated rings. The van der Waals surface area contributed by atoms with E-state index < -0.39 is 0 Å². The molecule has 144 valence electrons. The van der Waals surface area contributed by atoms with Crippen molar-refractivity contribution in [3.8, 4) is 0 Å². The number of carbonyl (C=O) groups is 1. The van der Waals surface area contributed by atoms with Crippen molar-refractivity contribution in [2.75, 3.05) is 37.6 Å². The summed E-state index contributed by atoms with van der Waals surface area (Å²) in [5.74, 6) is -0.228. The van der Waals surface area contributed by atoms with Crippen LogP contribution in [0.5, 0.6) is 0 Å². The second-order valence-corrected chi connectivity index (χ2v) is 7.69. The molecule has 1 aliphatic heterocycles. The molecule has 0 saturated carbocycles. The Balaban J connectivity index is 1.48. The number of rotatable bonds is 5. The van der Waals surface area contributed by atoms with Crippen LogP contribution in [-0.4, -0.2) is 38.6 Å². The van der Waals surface area contributed by atoms with Gasteiger partial charge in [0.25, 0.3) is 5.91 Å². The number of nitrogens with zero attached hydrogens (tertiary/aromatic N) is 1.